The van der Waals surface area contributed by atoms with Crippen molar-refractivity contribution in [1.29, 1.82) is 0 Å². The van der Waals surface area contributed by atoms with Crippen LogP contribution in [0.3, 0.4) is 0 Å². The molecule has 1 saturated heterocycles. The first-order valence-corrected chi connectivity index (χ1v) is 6.36. The lowest BCUT2D eigenvalue weighted by Crippen LogP contribution is -2.30. The first-order chi connectivity index (χ1) is 7.93. The Morgan fingerprint density at radius 3 is 3.12 bits per heavy atom. The number of piperidine rings is 1. The number of fused-ring (bicyclic) bond motifs is 1. The van der Waals surface area contributed by atoms with Crippen molar-refractivity contribution in [3.63, 3.8) is 0 Å². The van der Waals surface area contributed by atoms with Gasteiger partial charge in [-0.15, -0.1) is 0 Å². The molecule has 0 radical (unpaired) electrons. The van der Waals surface area contributed by atoms with Gasteiger partial charge in [0.05, 0.1) is 6.61 Å². The minimum atomic E-state index is 0.626. The summed E-state index contributed by atoms with van der Waals surface area (Å²) in [6.45, 7) is 3.28. The highest BCUT2D eigenvalue weighted by atomic mass is 16.5. The van der Waals surface area contributed by atoms with Gasteiger partial charge in [-0.1, -0.05) is 18.2 Å². The van der Waals surface area contributed by atoms with Crippen molar-refractivity contribution in [2.75, 3.05) is 19.7 Å². The monoisotopic (exact) mass is 217 g/mol. The molecule has 2 nitrogen and oxygen atoms in total. The van der Waals surface area contributed by atoms with E-state index in [0.29, 0.717) is 5.92 Å². The maximum absolute atomic E-state index is 5.73. The number of hydrogen-bond acceptors (Lipinski definition) is 2. The molecule has 2 aliphatic rings. The topological polar surface area (TPSA) is 21.3 Å². The SMILES string of the molecule is c1ccc2c(c1)OCC2C[C@H]1CCCNC1. The Hall–Kier alpha value is -1.02. The average Bonchev–Trinajstić information content (AvgIpc) is 2.74. The molecule has 0 spiro atoms. The fraction of sp³-hybridized carbons (Fsp3) is 0.571. The Bertz CT molecular complexity index is 358. The van der Waals surface area contributed by atoms with Crippen LogP contribution in [0.2, 0.25) is 0 Å². The lowest BCUT2D eigenvalue weighted by Gasteiger charge is -2.24. The van der Waals surface area contributed by atoms with Gasteiger partial charge in [0.1, 0.15) is 5.75 Å². The largest absolute Gasteiger partial charge is 0.493 e. The van der Waals surface area contributed by atoms with Gasteiger partial charge >= 0.3 is 0 Å². The molecule has 1 aromatic rings. The van der Waals surface area contributed by atoms with Crippen LogP contribution in [0, 0.1) is 5.92 Å². The second-order valence-corrected chi connectivity index (χ2v) is 4.99. The molecular formula is C14H19NO. The van der Waals surface area contributed by atoms with E-state index in [1.165, 1.54) is 37.9 Å². The van der Waals surface area contributed by atoms with Crippen LogP contribution in [0.25, 0.3) is 0 Å². The minimum Gasteiger partial charge on any atom is -0.493 e. The molecule has 0 aliphatic carbocycles. The molecule has 2 heteroatoms. The van der Waals surface area contributed by atoms with Crippen molar-refractivity contribution in [2.45, 2.75) is 25.2 Å². The maximum Gasteiger partial charge on any atom is 0.122 e. The summed E-state index contributed by atoms with van der Waals surface area (Å²) >= 11 is 0. The number of para-hydroxylation sites is 1. The third kappa shape index (κ3) is 1.94. The van der Waals surface area contributed by atoms with Crippen LogP contribution in [-0.2, 0) is 0 Å². The molecule has 0 saturated carbocycles. The maximum atomic E-state index is 5.73. The highest BCUT2D eigenvalue weighted by Gasteiger charge is 2.26. The van der Waals surface area contributed by atoms with Gasteiger partial charge in [0, 0.05) is 11.5 Å². The van der Waals surface area contributed by atoms with Gasteiger partial charge in [-0.2, -0.15) is 0 Å². The molecule has 86 valence electrons. The van der Waals surface area contributed by atoms with Gasteiger partial charge in [-0.25, -0.2) is 0 Å². The van der Waals surface area contributed by atoms with Gasteiger partial charge in [0.15, 0.2) is 0 Å². The first kappa shape index (κ1) is 10.2. The predicted octanol–water partition coefficient (Wildman–Crippen LogP) is 2.55. The lowest BCUT2D eigenvalue weighted by atomic mass is 9.86. The molecular weight excluding hydrogens is 198 g/mol. The van der Waals surface area contributed by atoms with E-state index in [4.69, 9.17) is 4.74 Å². The van der Waals surface area contributed by atoms with Crippen molar-refractivity contribution in [2.24, 2.45) is 5.92 Å². The summed E-state index contributed by atoms with van der Waals surface area (Å²) in [4.78, 5) is 0. The minimum absolute atomic E-state index is 0.626. The van der Waals surface area contributed by atoms with E-state index in [-0.39, 0.29) is 0 Å². The number of hydrogen-bond donors (Lipinski definition) is 1. The Balaban J connectivity index is 1.68. The molecule has 0 bridgehead atoms. The second-order valence-electron chi connectivity index (χ2n) is 4.99. The van der Waals surface area contributed by atoms with Crippen molar-refractivity contribution < 1.29 is 4.74 Å². The Morgan fingerprint density at radius 2 is 2.25 bits per heavy atom. The Kier molecular flexibility index (Phi) is 2.83. The third-order valence-corrected chi connectivity index (χ3v) is 3.82. The third-order valence-electron chi connectivity index (χ3n) is 3.82. The van der Waals surface area contributed by atoms with Gasteiger partial charge in [0.25, 0.3) is 0 Å². The molecule has 2 atom stereocenters. The fourth-order valence-electron chi connectivity index (χ4n) is 2.95. The summed E-state index contributed by atoms with van der Waals surface area (Å²) in [6, 6.07) is 8.50. The van der Waals surface area contributed by atoms with Crippen molar-refractivity contribution in [3.05, 3.63) is 29.8 Å². The molecule has 1 unspecified atom stereocenters. The predicted molar refractivity (Wildman–Crippen MR) is 64.9 cm³/mol. The van der Waals surface area contributed by atoms with Gasteiger partial charge in [0.2, 0.25) is 0 Å². The summed E-state index contributed by atoms with van der Waals surface area (Å²) in [7, 11) is 0. The van der Waals surface area contributed by atoms with Crippen LogP contribution in [0.1, 0.15) is 30.7 Å². The molecule has 16 heavy (non-hydrogen) atoms. The summed E-state index contributed by atoms with van der Waals surface area (Å²) in [5.41, 5.74) is 1.42. The van der Waals surface area contributed by atoms with Gasteiger partial charge in [-0.05, 0) is 44.3 Å². The zero-order chi connectivity index (χ0) is 10.8. The fourth-order valence-corrected chi connectivity index (χ4v) is 2.95. The number of benzene rings is 1. The van der Waals surface area contributed by atoms with E-state index >= 15 is 0 Å². The van der Waals surface area contributed by atoms with E-state index in [2.05, 4.69) is 29.6 Å². The smallest absolute Gasteiger partial charge is 0.122 e. The van der Waals surface area contributed by atoms with Crippen LogP contribution < -0.4 is 10.1 Å². The van der Waals surface area contributed by atoms with Crippen molar-refractivity contribution in [3.8, 4) is 5.75 Å². The van der Waals surface area contributed by atoms with E-state index in [1.54, 1.807) is 0 Å². The molecule has 1 N–H and O–H groups in total. The zero-order valence-corrected chi connectivity index (χ0v) is 9.61. The number of ether oxygens (including phenoxy) is 1. The second kappa shape index (κ2) is 4.46. The highest BCUT2D eigenvalue weighted by Crippen LogP contribution is 2.38. The number of rotatable bonds is 2. The Morgan fingerprint density at radius 1 is 1.31 bits per heavy atom. The Labute approximate surface area is 97.0 Å². The molecule has 1 fully saturated rings. The van der Waals surface area contributed by atoms with E-state index < -0.39 is 0 Å². The highest BCUT2D eigenvalue weighted by molar-refractivity contribution is 5.39. The zero-order valence-electron chi connectivity index (χ0n) is 9.61. The summed E-state index contributed by atoms with van der Waals surface area (Å²) in [5, 5.41) is 3.49. The van der Waals surface area contributed by atoms with Crippen LogP contribution in [-0.4, -0.2) is 19.7 Å². The summed E-state index contributed by atoms with van der Waals surface area (Å²) in [6.07, 6.45) is 4.00. The molecule has 2 heterocycles. The van der Waals surface area contributed by atoms with Crippen LogP contribution >= 0.6 is 0 Å². The van der Waals surface area contributed by atoms with Crippen molar-refractivity contribution >= 4 is 0 Å². The normalized spacial score (nSPS) is 28.5. The first-order valence-electron chi connectivity index (χ1n) is 6.36. The van der Waals surface area contributed by atoms with Crippen LogP contribution in [0.15, 0.2) is 24.3 Å². The quantitative estimate of drug-likeness (QED) is 0.822. The molecule has 0 aromatic heterocycles. The summed E-state index contributed by atoms with van der Waals surface area (Å²) < 4.78 is 5.73. The van der Waals surface area contributed by atoms with E-state index in [9.17, 15) is 0 Å². The van der Waals surface area contributed by atoms with E-state index in [0.717, 1.165) is 18.3 Å². The molecule has 3 rings (SSSR count). The van der Waals surface area contributed by atoms with Crippen LogP contribution in [0.4, 0.5) is 0 Å². The summed E-state index contributed by atoms with van der Waals surface area (Å²) in [5.74, 6) is 2.57. The molecule has 1 aromatic carbocycles. The van der Waals surface area contributed by atoms with Crippen LogP contribution in [0.5, 0.6) is 5.75 Å². The molecule has 2 aliphatic heterocycles. The van der Waals surface area contributed by atoms with Crippen molar-refractivity contribution in [1.82, 2.24) is 5.32 Å². The number of nitrogens with one attached hydrogen (secondary N) is 1. The lowest BCUT2D eigenvalue weighted by molar-refractivity contribution is 0.283. The average molecular weight is 217 g/mol. The van der Waals surface area contributed by atoms with Gasteiger partial charge in [-0.3, -0.25) is 0 Å². The van der Waals surface area contributed by atoms with Gasteiger partial charge < -0.3 is 10.1 Å². The van der Waals surface area contributed by atoms with E-state index in [1.807, 2.05) is 0 Å². The molecule has 0 amide bonds. The standard InChI is InChI=1S/C14H19NO/c1-2-6-14-13(5-1)12(10-16-14)8-11-4-3-7-15-9-11/h1-2,5-6,11-12,15H,3-4,7-10H2/t11-,12?/m1/s1.